The molecule has 26 heavy (non-hydrogen) atoms. The Morgan fingerprint density at radius 1 is 1.46 bits per heavy atom. The van der Waals surface area contributed by atoms with Crippen molar-refractivity contribution in [3.63, 3.8) is 0 Å². The molecule has 146 valence electrons. The van der Waals surface area contributed by atoms with E-state index < -0.39 is 11.7 Å². The van der Waals surface area contributed by atoms with Crippen molar-refractivity contribution < 1.29 is 17.9 Å². The summed E-state index contributed by atoms with van der Waals surface area (Å²) in [7, 11) is 1.69. The van der Waals surface area contributed by atoms with Gasteiger partial charge in [-0.25, -0.2) is 4.98 Å². The molecule has 1 atom stereocenters. The maximum atomic E-state index is 13.0. The summed E-state index contributed by atoms with van der Waals surface area (Å²) in [6.07, 6.45) is -2.05. The molecule has 2 heterocycles. The third-order valence-electron chi connectivity index (χ3n) is 4.10. The van der Waals surface area contributed by atoms with E-state index in [4.69, 9.17) is 4.74 Å². The van der Waals surface area contributed by atoms with E-state index in [1.807, 2.05) is 6.92 Å². The van der Waals surface area contributed by atoms with Gasteiger partial charge < -0.3 is 20.3 Å². The number of pyridine rings is 1. The summed E-state index contributed by atoms with van der Waals surface area (Å²) in [6.45, 7) is 5.82. The number of aromatic nitrogens is 1. The van der Waals surface area contributed by atoms with Gasteiger partial charge in [0, 0.05) is 45.4 Å². The maximum absolute atomic E-state index is 13.0. The maximum Gasteiger partial charge on any atom is 0.419 e. The van der Waals surface area contributed by atoms with Crippen molar-refractivity contribution >= 4 is 11.8 Å². The molecule has 0 spiro atoms. The number of nitrogens with zero attached hydrogens (tertiary/aromatic N) is 3. The van der Waals surface area contributed by atoms with Gasteiger partial charge in [-0.05, 0) is 25.5 Å². The number of hydrogen-bond acceptors (Lipinski definition) is 4. The molecule has 6 nitrogen and oxygen atoms in total. The molecular weight excluding hydrogens is 347 g/mol. The summed E-state index contributed by atoms with van der Waals surface area (Å²) in [5.41, 5.74) is -0.766. The van der Waals surface area contributed by atoms with Gasteiger partial charge in [0.15, 0.2) is 5.96 Å². The lowest BCUT2D eigenvalue weighted by atomic mass is 10.1. The predicted molar refractivity (Wildman–Crippen MR) is 95.3 cm³/mol. The number of halogens is 3. The van der Waals surface area contributed by atoms with Crippen molar-refractivity contribution in [2.75, 3.05) is 51.8 Å². The van der Waals surface area contributed by atoms with Crippen molar-refractivity contribution in [1.82, 2.24) is 15.2 Å². The second-order valence-electron chi connectivity index (χ2n) is 6.12. The Bertz CT molecular complexity index is 594. The second-order valence-corrected chi connectivity index (χ2v) is 6.12. The lowest BCUT2D eigenvalue weighted by Gasteiger charge is -2.21. The molecule has 2 N–H and O–H groups in total. The van der Waals surface area contributed by atoms with Crippen molar-refractivity contribution in [3.05, 3.63) is 23.9 Å². The van der Waals surface area contributed by atoms with Gasteiger partial charge in [-0.2, -0.15) is 13.2 Å². The van der Waals surface area contributed by atoms with E-state index >= 15 is 0 Å². The van der Waals surface area contributed by atoms with Gasteiger partial charge in [-0.3, -0.25) is 4.99 Å². The predicted octanol–water partition coefficient (Wildman–Crippen LogP) is 2.45. The van der Waals surface area contributed by atoms with E-state index in [2.05, 4.69) is 25.5 Å². The molecule has 1 aliphatic rings. The average Bonchev–Trinajstić information content (AvgIpc) is 3.06. The minimum Gasteiger partial charge on any atom is -0.384 e. The quantitative estimate of drug-likeness (QED) is 0.437. The van der Waals surface area contributed by atoms with Crippen molar-refractivity contribution in [2.24, 2.45) is 10.9 Å². The van der Waals surface area contributed by atoms with Crippen LogP contribution in [-0.4, -0.2) is 62.3 Å². The monoisotopic (exact) mass is 373 g/mol. The minimum atomic E-state index is -4.43. The van der Waals surface area contributed by atoms with E-state index in [9.17, 15) is 13.2 Å². The van der Waals surface area contributed by atoms with Crippen LogP contribution < -0.4 is 10.6 Å². The van der Waals surface area contributed by atoms with Crippen LogP contribution in [0.4, 0.5) is 19.0 Å². The number of rotatable bonds is 7. The zero-order chi connectivity index (χ0) is 19.0. The van der Waals surface area contributed by atoms with Crippen LogP contribution in [0.5, 0.6) is 0 Å². The van der Waals surface area contributed by atoms with Crippen LogP contribution in [0.15, 0.2) is 23.3 Å². The molecule has 0 aliphatic carbocycles. The minimum absolute atomic E-state index is 0.165. The zero-order valence-corrected chi connectivity index (χ0v) is 15.1. The zero-order valence-electron chi connectivity index (χ0n) is 15.1. The van der Waals surface area contributed by atoms with E-state index in [1.54, 1.807) is 7.11 Å². The number of likely N-dealkylation sites (tertiary alicyclic amines) is 1. The van der Waals surface area contributed by atoms with Gasteiger partial charge in [-0.1, -0.05) is 0 Å². The summed E-state index contributed by atoms with van der Waals surface area (Å²) in [6, 6.07) is 2.29. The number of alkyl halides is 3. The normalized spacial score (nSPS) is 18.3. The van der Waals surface area contributed by atoms with Crippen LogP contribution in [0.3, 0.4) is 0 Å². The molecule has 1 aromatic heterocycles. The largest absolute Gasteiger partial charge is 0.419 e. The highest BCUT2D eigenvalue weighted by atomic mass is 19.4. The fourth-order valence-corrected chi connectivity index (χ4v) is 2.93. The van der Waals surface area contributed by atoms with Crippen LogP contribution in [-0.2, 0) is 10.9 Å². The molecule has 1 fully saturated rings. The number of anilines is 1. The summed E-state index contributed by atoms with van der Waals surface area (Å²) in [5.74, 6) is 1.09. The fraction of sp³-hybridized carbons (Fsp3) is 0.647. The molecule has 0 radical (unpaired) electrons. The van der Waals surface area contributed by atoms with Crippen LogP contribution in [0.25, 0.3) is 0 Å². The Labute approximate surface area is 151 Å². The Hall–Kier alpha value is -2.03. The topological polar surface area (TPSA) is 61.8 Å². The Morgan fingerprint density at radius 3 is 2.96 bits per heavy atom. The van der Waals surface area contributed by atoms with Crippen LogP contribution >= 0.6 is 0 Å². The molecule has 1 saturated heterocycles. The number of aliphatic imine (C=N–C) groups is 1. The van der Waals surface area contributed by atoms with Gasteiger partial charge in [0.2, 0.25) is 0 Å². The smallest absolute Gasteiger partial charge is 0.384 e. The van der Waals surface area contributed by atoms with Crippen molar-refractivity contribution in [3.8, 4) is 0 Å². The fourth-order valence-electron chi connectivity index (χ4n) is 2.93. The van der Waals surface area contributed by atoms with Crippen LogP contribution in [0, 0.1) is 5.92 Å². The van der Waals surface area contributed by atoms with Gasteiger partial charge in [0.1, 0.15) is 5.82 Å². The van der Waals surface area contributed by atoms with E-state index in [-0.39, 0.29) is 12.4 Å². The van der Waals surface area contributed by atoms with E-state index in [1.165, 1.54) is 12.3 Å². The second kappa shape index (κ2) is 9.61. The molecule has 1 aromatic rings. The Balaban J connectivity index is 1.91. The molecule has 9 heteroatoms. The molecule has 0 bridgehead atoms. The van der Waals surface area contributed by atoms with Gasteiger partial charge in [0.25, 0.3) is 0 Å². The summed E-state index contributed by atoms with van der Waals surface area (Å²) >= 11 is 0. The lowest BCUT2D eigenvalue weighted by molar-refractivity contribution is -0.137. The highest BCUT2D eigenvalue weighted by molar-refractivity contribution is 5.80. The van der Waals surface area contributed by atoms with E-state index in [0.717, 1.165) is 44.7 Å². The Morgan fingerprint density at radius 2 is 2.27 bits per heavy atom. The first-order valence-corrected chi connectivity index (χ1v) is 8.74. The SMILES string of the molecule is CCNC(=NCCNc1ncccc1C(F)(F)F)N1CCC(COC)C1. The van der Waals surface area contributed by atoms with E-state index in [0.29, 0.717) is 12.5 Å². The standard InChI is InChI=1S/C17H26F3N5O/c1-3-21-16(25-10-6-13(11-25)12-26-2)24-9-8-23-15-14(17(18,19)20)5-4-7-22-15/h4-5,7,13H,3,6,8-12H2,1-2H3,(H,21,24)(H,22,23). The lowest BCUT2D eigenvalue weighted by Crippen LogP contribution is -2.40. The first-order valence-electron chi connectivity index (χ1n) is 8.74. The third kappa shape index (κ3) is 5.76. The average molecular weight is 373 g/mol. The first-order chi connectivity index (χ1) is 12.5. The summed E-state index contributed by atoms with van der Waals surface area (Å²) in [5, 5.41) is 5.97. The first kappa shape index (κ1) is 20.3. The molecule has 0 amide bonds. The number of hydrogen-bond donors (Lipinski definition) is 2. The molecule has 1 aliphatic heterocycles. The molecular formula is C17H26F3N5O. The summed E-state index contributed by atoms with van der Waals surface area (Å²) < 4.78 is 44.1. The van der Waals surface area contributed by atoms with Gasteiger partial charge in [-0.15, -0.1) is 0 Å². The number of guanidine groups is 1. The van der Waals surface area contributed by atoms with Crippen molar-refractivity contribution in [1.29, 1.82) is 0 Å². The third-order valence-corrected chi connectivity index (χ3v) is 4.10. The molecule has 0 aromatic carbocycles. The summed E-state index contributed by atoms with van der Waals surface area (Å²) in [4.78, 5) is 10.5. The number of nitrogens with one attached hydrogen (secondary N) is 2. The van der Waals surface area contributed by atoms with Gasteiger partial charge >= 0.3 is 6.18 Å². The molecule has 2 rings (SSSR count). The molecule has 0 saturated carbocycles. The Kier molecular flexibility index (Phi) is 7.50. The van der Waals surface area contributed by atoms with Crippen LogP contribution in [0.1, 0.15) is 18.9 Å². The number of ether oxygens (including phenoxy) is 1. The van der Waals surface area contributed by atoms with Crippen molar-refractivity contribution in [2.45, 2.75) is 19.5 Å². The highest BCUT2D eigenvalue weighted by Gasteiger charge is 2.34. The highest BCUT2D eigenvalue weighted by Crippen LogP contribution is 2.33. The van der Waals surface area contributed by atoms with Crippen LogP contribution in [0.2, 0.25) is 0 Å². The molecule has 1 unspecified atom stereocenters. The number of methoxy groups -OCH3 is 1. The van der Waals surface area contributed by atoms with Gasteiger partial charge in [0.05, 0.1) is 18.7 Å².